The van der Waals surface area contributed by atoms with Gasteiger partial charge in [-0.1, -0.05) is 62.8 Å². The van der Waals surface area contributed by atoms with Crippen LogP contribution in [-0.2, 0) is 0 Å². The van der Waals surface area contributed by atoms with Crippen molar-refractivity contribution >= 4 is 11.6 Å². The molecule has 2 heteroatoms. The molecule has 0 fully saturated rings. The molecule has 1 aromatic carbocycles. The normalized spacial score (nSPS) is 12.7. The van der Waals surface area contributed by atoms with E-state index in [2.05, 4.69) is 30.4 Å². The average Bonchev–Trinajstić information content (AvgIpc) is 2.37. The molecule has 0 aliphatic rings. The molecule has 102 valence electrons. The summed E-state index contributed by atoms with van der Waals surface area (Å²) in [5.74, 6) is 0. The van der Waals surface area contributed by atoms with Crippen LogP contribution in [0.15, 0.2) is 18.2 Å². The summed E-state index contributed by atoms with van der Waals surface area (Å²) in [7, 11) is 2.03. The van der Waals surface area contributed by atoms with Crippen LogP contribution >= 0.6 is 11.6 Å². The molecule has 1 rings (SSSR count). The van der Waals surface area contributed by atoms with E-state index in [0.717, 1.165) is 10.6 Å². The summed E-state index contributed by atoms with van der Waals surface area (Å²) in [4.78, 5) is 0. The van der Waals surface area contributed by atoms with E-state index >= 15 is 0 Å². The second-order valence-electron chi connectivity index (χ2n) is 5.05. The molecule has 0 aliphatic heterocycles. The van der Waals surface area contributed by atoms with Crippen molar-refractivity contribution in [3.63, 3.8) is 0 Å². The lowest BCUT2D eigenvalue weighted by Crippen LogP contribution is -2.16. The molecule has 18 heavy (non-hydrogen) atoms. The molecule has 0 aromatic heterocycles. The predicted molar refractivity (Wildman–Crippen MR) is 81.4 cm³/mol. The van der Waals surface area contributed by atoms with E-state index in [4.69, 9.17) is 11.6 Å². The Morgan fingerprint density at radius 3 is 2.50 bits per heavy atom. The van der Waals surface area contributed by atoms with Crippen molar-refractivity contribution in [2.45, 2.75) is 58.4 Å². The lowest BCUT2D eigenvalue weighted by Gasteiger charge is -2.17. The quantitative estimate of drug-likeness (QED) is 0.633. The molecule has 0 radical (unpaired) electrons. The SMILES string of the molecule is CCCCCCCC(NC)c1ccc(C)c(Cl)c1. The summed E-state index contributed by atoms with van der Waals surface area (Å²) in [6.45, 7) is 4.30. The van der Waals surface area contributed by atoms with Crippen molar-refractivity contribution in [1.29, 1.82) is 0 Å². The largest absolute Gasteiger partial charge is 0.313 e. The summed E-state index contributed by atoms with van der Waals surface area (Å²) in [6.07, 6.45) is 7.85. The molecule has 0 saturated carbocycles. The van der Waals surface area contributed by atoms with Gasteiger partial charge in [-0.2, -0.15) is 0 Å². The van der Waals surface area contributed by atoms with E-state index in [9.17, 15) is 0 Å². The number of unbranched alkanes of at least 4 members (excludes halogenated alkanes) is 4. The van der Waals surface area contributed by atoms with Gasteiger partial charge in [0.1, 0.15) is 0 Å². The minimum Gasteiger partial charge on any atom is -0.313 e. The van der Waals surface area contributed by atoms with Crippen LogP contribution < -0.4 is 5.32 Å². The zero-order chi connectivity index (χ0) is 13.4. The van der Waals surface area contributed by atoms with Crippen molar-refractivity contribution in [3.8, 4) is 0 Å². The van der Waals surface area contributed by atoms with Gasteiger partial charge in [-0.15, -0.1) is 0 Å². The van der Waals surface area contributed by atoms with E-state index in [-0.39, 0.29) is 0 Å². The monoisotopic (exact) mass is 267 g/mol. The molecular formula is C16H26ClN. The Kier molecular flexibility index (Phi) is 7.38. The minimum atomic E-state index is 0.435. The van der Waals surface area contributed by atoms with E-state index in [1.54, 1.807) is 0 Å². The molecule has 0 bridgehead atoms. The topological polar surface area (TPSA) is 12.0 Å². The molecule has 1 unspecified atom stereocenters. The van der Waals surface area contributed by atoms with Gasteiger partial charge in [0.25, 0.3) is 0 Å². The number of halogens is 1. The van der Waals surface area contributed by atoms with Crippen molar-refractivity contribution in [2.75, 3.05) is 7.05 Å². The Labute approximate surface area is 117 Å². The summed E-state index contributed by atoms with van der Waals surface area (Å²) in [5.41, 5.74) is 2.46. The van der Waals surface area contributed by atoms with Gasteiger partial charge in [0, 0.05) is 11.1 Å². The number of rotatable bonds is 8. The standard InChI is InChI=1S/C16H26ClN/c1-4-5-6-7-8-9-16(18-3)14-11-10-13(2)15(17)12-14/h10-12,16,18H,4-9H2,1-3H3. The average molecular weight is 268 g/mol. The molecule has 0 heterocycles. The second-order valence-corrected chi connectivity index (χ2v) is 5.46. The molecule has 0 amide bonds. The molecule has 1 N–H and O–H groups in total. The van der Waals surface area contributed by atoms with Crippen molar-refractivity contribution in [2.24, 2.45) is 0 Å². The number of hydrogen-bond donors (Lipinski definition) is 1. The fraction of sp³-hybridized carbons (Fsp3) is 0.625. The van der Waals surface area contributed by atoms with Crippen molar-refractivity contribution < 1.29 is 0 Å². The highest BCUT2D eigenvalue weighted by Gasteiger charge is 2.09. The van der Waals surface area contributed by atoms with Gasteiger partial charge < -0.3 is 5.32 Å². The highest BCUT2D eigenvalue weighted by atomic mass is 35.5. The minimum absolute atomic E-state index is 0.435. The Morgan fingerprint density at radius 2 is 1.89 bits per heavy atom. The van der Waals surface area contributed by atoms with Gasteiger partial charge in [0.2, 0.25) is 0 Å². The predicted octanol–water partition coefficient (Wildman–Crippen LogP) is 5.27. The van der Waals surface area contributed by atoms with Crippen LogP contribution in [0.3, 0.4) is 0 Å². The lowest BCUT2D eigenvalue weighted by atomic mass is 9.99. The first-order chi connectivity index (χ1) is 8.69. The fourth-order valence-electron chi connectivity index (χ4n) is 2.26. The molecule has 1 nitrogen and oxygen atoms in total. The summed E-state index contributed by atoms with van der Waals surface area (Å²) >= 11 is 6.19. The number of hydrogen-bond acceptors (Lipinski definition) is 1. The maximum atomic E-state index is 6.19. The first kappa shape index (κ1) is 15.5. The zero-order valence-corrected chi connectivity index (χ0v) is 12.7. The summed E-state index contributed by atoms with van der Waals surface area (Å²) in [6, 6.07) is 6.84. The molecule has 0 aliphatic carbocycles. The highest BCUT2D eigenvalue weighted by Crippen LogP contribution is 2.24. The maximum Gasteiger partial charge on any atom is 0.0438 e. The number of benzene rings is 1. The van der Waals surface area contributed by atoms with Crippen LogP contribution in [0, 0.1) is 6.92 Å². The number of nitrogens with one attached hydrogen (secondary N) is 1. The lowest BCUT2D eigenvalue weighted by molar-refractivity contribution is 0.501. The van der Waals surface area contributed by atoms with Crippen LogP contribution in [0.25, 0.3) is 0 Å². The van der Waals surface area contributed by atoms with Crippen LogP contribution in [0.2, 0.25) is 5.02 Å². The fourth-order valence-corrected chi connectivity index (χ4v) is 2.44. The Balaban J connectivity index is 2.47. The Hall–Kier alpha value is -0.530. The van der Waals surface area contributed by atoms with E-state index in [0.29, 0.717) is 6.04 Å². The third-order valence-electron chi connectivity index (χ3n) is 3.54. The van der Waals surface area contributed by atoms with Gasteiger partial charge in [-0.3, -0.25) is 0 Å². The molecule has 0 saturated heterocycles. The Morgan fingerprint density at radius 1 is 1.17 bits per heavy atom. The van der Waals surface area contributed by atoms with Crippen LogP contribution in [0.5, 0.6) is 0 Å². The van der Waals surface area contributed by atoms with Gasteiger partial charge in [-0.05, 0) is 37.6 Å². The van der Waals surface area contributed by atoms with Gasteiger partial charge in [-0.25, -0.2) is 0 Å². The van der Waals surface area contributed by atoms with Crippen LogP contribution in [0.4, 0.5) is 0 Å². The number of aryl methyl sites for hydroxylation is 1. The van der Waals surface area contributed by atoms with Crippen molar-refractivity contribution in [1.82, 2.24) is 5.32 Å². The summed E-state index contributed by atoms with van der Waals surface area (Å²) in [5, 5.41) is 4.27. The van der Waals surface area contributed by atoms with Crippen molar-refractivity contribution in [3.05, 3.63) is 34.3 Å². The molecule has 0 spiro atoms. The third kappa shape index (κ3) is 4.99. The molecule has 1 aromatic rings. The van der Waals surface area contributed by atoms with Gasteiger partial charge in [0.15, 0.2) is 0 Å². The van der Waals surface area contributed by atoms with Crippen LogP contribution in [0.1, 0.15) is 62.6 Å². The third-order valence-corrected chi connectivity index (χ3v) is 3.95. The first-order valence-corrected chi connectivity index (χ1v) is 7.50. The second kappa shape index (κ2) is 8.55. The first-order valence-electron chi connectivity index (χ1n) is 7.12. The van der Waals surface area contributed by atoms with E-state index in [1.807, 2.05) is 14.0 Å². The maximum absolute atomic E-state index is 6.19. The van der Waals surface area contributed by atoms with Gasteiger partial charge >= 0.3 is 0 Å². The van der Waals surface area contributed by atoms with Gasteiger partial charge in [0.05, 0.1) is 0 Å². The highest BCUT2D eigenvalue weighted by molar-refractivity contribution is 6.31. The smallest absolute Gasteiger partial charge is 0.0438 e. The van der Waals surface area contributed by atoms with E-state index < -0.39 is 0 Å². The summed E-state index contributed by atoms with van der Waals surface area (Å²) < 4.78 is 0. The Bertz CT molecular complexity index is 349. The molecular weight excluding hydrogens is 242 g/mol. The van der Waals surface area contributed by atoms with E-state index in [1.165, 1.54) is 44.1 Å². The van der Waals surface area contributed by atoms with Crippen LogP contribution in [-0.4, -0.2) is 7.05 Å². The molecule has 1 atom stereocenters. The zero-order valence-electron chi connectivity index (χ0n) is 11.9.